The highest BCUT2D eigenvalue weighted by Gasteiger charge is 2.58. The summed E-state index contributed by atoms with van der Waals surface area (Å²) in [6.07, 6.45) is 15.3. The molecule has 11 N–H and O–H groups in total. The lowest BCUT2D eigenvalue weighted by Gasteiger charge is -2.49. The van der Waals surface area contributed by atoms with Crippen molar-refractivity contribution in [1.82, 2.24) is 0 Å². The van der Waals surface area contributed by atoms with Gasteiger partial charge in [-0.25, -0.2) is 4.57 Å². The Balaban J connectivity index is 1.73. The third kappa shape index (κ3) is 37.7. The summed E-state index contributed by atoms with van der Waals surface area (Å²) >= 11 is 0. The predicted molar refractivity (Wildman–Crippen MR) is 370 cm³/mol. The van der Waals surface area contributed by atoms with Crippen LogP contribution in [0.4, 0.5) is 0 Å². The summed E-state index contributed by atoms with van der Waals surface area (Å²) in [6.45, 7) is 3.42. The van der Waals surface area contributed by atoms with E-state index in [1.54, 1.807) is 0 Å². The molecule has 3 aliphatic rings. The van der Waals surface area contributed by atoms with Crippen LogP contribution < -0.4 is 0 Å². The number of hydrogen-bond donors (Lipinski definition) is 11. The summed E-state index contributed by atoms with van der Waals surface area (Å²) in [5.41, 5.74) is 0. The lowest BCUT2D eigenvalue weighted by atomic mass is 9.84. The molecule has 0 amide bonds. The number of carbonyl (C=O) groups is 3. The van der Waals surface area contributed by atoms with Crippen molar-refractivity contribution < 1.29 is 117 Å². The molecule has 0 spiro atoms. The van der Waals surface area contributed by atoms with Crippen LogP contribution in [-0.2, 0) is 61.2 Å². The number of allylic oxidation sites excluding steroid dienone is 4. The second-order valence-electron chi connectivity index (χ2n) is 27.4. The minimum Gasteiger partial charge on any atom is -0.463 e. The molecule has 1 saturated carbocycles. The summed E-state index contributed by atoms with van der Waals surface area (Å²) < 4.78 is 65.0. The first-order chi connectivity index (χ1) is 47.3. The highest BCUT2D eigenvalue weighted by molar-refractivity contribution is 7.47. The fourth-order valence-electron chi connectivity index (χ4n) is 12.5. The van der Waals surface area contributed by atoms with E-state index in [9.17, 15) is 74.9 Å². The van der Waals surface area contributed by atoms with E-state index in [1.807, 2.05) is 0 Å². The largest absolute Gasteiger partial charge is 0.472 e. The van der Waals surface area contributed by atoms with Gasteiger partial charge in [-0.1, -0.05) is 225 Å². The Morgan fingerprint density at radius 1 is 0.388 bits per heavy atom. The highest BCUT2D eigenvalue weighted by atomic mass is 31.2. The lowest BCUT2D eigenvalue weighted by molar-refractivity contribution is -0.360. The zero-order valence-electron chi connectivity index (χ0n) is 59.8. The first-order valence-electron chi connectivity index (χ1n) is 38.1. The van der Waals surface area contributed by atoms with Crippen LogP contribution in [0.15, 0.2) is 24.3 Å². The number of esters is 3. The molecule has 2 heterocycles. The maximum absolute atomic E-state index is 14.3. The molecule has 2 aliphatic heterocycles. The Kier molecular flexibility index (Phi) is 50.3. The molecule has 2 saturated heterocycles. The van der Waals surface area contributed by atoms with Crippen LogP contribution in [-0.4, -0.2) is 204 Å². The summed E-state index contributed by atoms with van der Waals surface area (Å²) in [5, 5.41) is 110. The van der Waals surface area contributed by atoms with Crippen molar-refractivity contribution in [1.29, 1.82) is 0 Å². The van der Waals surface area contributed by atoms with E-state index in [-0.39, 0.29) is 19.3 Å². The topological polar surface area (TPSA) is 374 Å². The van der Waals surface area contributed by atoms with Gasteiger partial charge in [0, 0.05) is 19.3 Å². The van der Waals surface area contributed by atoms with Gasteiger partial charge in [0.1, 0.15) is 98.7 Å². The van der Waals surface area contributed by atoms with Crippen LogP contribution in [0.25, 0.3) is 0 Å². The number of aliphatic hydroxyl groups is 10. The van der Waals surface area contributed by atoms with Crippen molar-refractivity contribution in [3.8, 4) is 0 Å². The van der Waals surface area contributed by atoms with Crippen molar-refractivity contribution in [2.45, 2.75) is 395 Å². The zero-order chi connectivity index (χ0) is 71.8. The van der Waals surface area contributed by atoms with Crippen LogP contribution in [0.5, 0.6) is 0 Å². The normalized spacial score (nSPS) is 27.7. The van der Waals surface area contributed by atoms with Gasteiger partial charge >= 0.3 is 25.7 Å². The molecule has 25 heteroatoms. The van der Waals surface area contributed by atoms with Crippen molar-refractivity contribution in [3.05, 3.63) is 24.3 Å². The van der Waals surface area contributed by atoms with Gasteiger partial charge in [0.05, 0.1) is 13.2 Å². The summed E-state index contributed by atoms with van der Waals surface area (Å²) in [4.78, 5) is 51.0. The second-order valence-corrected chi connectivity index (χ2v) is 28.8. The average molecular weight is 1430 g/mol. The molecule has 1 aliphatic carbocycles. The molecule has 18 unspecified atom stereocenters. The smallest absolute Gasteiger partial charge is 0.463 e. The zero-order valence-corrected chi connectivity index (χ0v) is 60.7. The van der Waals surface area contributed by atoms with Gasteiger partial charge in [-0.2, -0.15) is 0 Å². The summed E-state index contributed by atoms with van der Waals surface area (Å²) in [7, 11) is -5.70. The predicted octanol–water partition coefficient (Wildman–Crippen LogP) is 10.5. The first kappa shape index (κ1) is 89.7. The SMILES string of the molecule is CCCCCCCC/C=C\CCCCCC(=O)OC(COC(=O)CCCCCCCCCCCCCCCCCC)COP(=O)(O)OC1C(OC2OC(CO)C(O)C(O)C2O)C(O)C(O)C(O)C1OC1OC(COC(=O)CCCCC/C=C\CCCCCCCCC)C(O)C(O)C1O. The van der Waals surface area contributed by atoms with Gasteiger partial charge in [0.25, 0.3) is 0 Å². The van der Waals surface area contributed by atoms with Gasteiger partial charge in [-0.05, 0) is 70.6 Å². The summed E-state index contributed by atoms with van der Waals surface area (Å²) in [6, 6.07) is 0. The van der Waals surface area contributed by atoms with E-state index in [1.165, 1.54) is 135 Å². The molecule has 3 fully saturated rings. The summed E-state index contributed by atoms with van der Waals surface area (Å²) in [5.74, 6) is -2.02. The van der Waals surface area contributed by atoms with E-state index in [0.29, 0.717) is 25.7 Å². The molecule has 0 aromatic rings. The second kappa shape index (κ2) is 55.0. The number of phosphoric ester groups is 1. The third-order valence-electron chi connectivity index (χ3n) is 18.7. The van der Waals surface area contributed by atoms with E-state index >= 15 is 0 Å². The van der Waals surface area contributed by atoms with Crippen LogP contribution in [0.2, 0.25) is 0 Å². The Morgan fingerprint density at radius 2 is 0.714 bits per heavy atom. The standard InChI is InChI=1S/C73H133O24P/c1-4-7-10-13-16-19-22-25-27-28-31-33-35-38-41-44-47-57(75)89-51-54(92-59(77)49-46-43-40-37-34-29-24-21-18-15-12-9-6-3)52-91-98(87,88)97-71-69(95-72-67(85)62(80)60(78)55(50-74)93-72)65(83)64(82)66(84)70(71)96-73-68(86)63(81)61(79)56(94-73)53-90-58(76)48-45-42-39-36-32-30-26-23-20-17-14-11-8-5-2/h29-30,32,34,54-56,60-74,78-86H,4-28,31,33,35-53H2,1-3H3,(H,87,88)/b32-30-,34-29-. The lowest BCUT2D eigenvalue weighted by Crippen LogP contribution is -2.69. The number of aliphatic hydroxyl groups excluding tert-OH is 10. The number of unbranched alkanes of at least 4 members (excludes halogenated alkanes) is 34. The van der Waals surface area contributed by atoms with Crippen molar-refractivity contribution in [2.75, 3.05) is 26.4 Å². The molecule has 98 heavy (non-hydrogen) atoms. The van der Waals surface area contributed by atoms with Crippen LogP contribution in [0.1, 0.15) is 290 Å². The van der Waals surface area contributed by atoms with Gasteiger partial charge in [-0.15, -0.1) is 0 Å². The molecular weight excluding hydrogens is 1290 g/mol. The Bertz CT molecular complexity index is 2120. The molecule has 3 rings (SSSR count). The maximum atomic E-state index is 14.3. The molecule has 18 atom stereocenters. The van der Waals surface area contributed by atoms with Crippen LogP contribution in [0.3, 0.4) is 0 Å². The minimum absolute atomic E-state index is 0.00785. The van der Waals surface area contributed by atoms with Crippen LogP contribution in [0, 0.1) is 0 Å². The van der Waals surface area contributed by atoms with E-state index in [4.69, 9.17) is 42.2 Å². The Hall–Kier alpha value is -2.56. The number of rotatable bonds is 59. The molecule has 0 aromatic heterocycles. The van der Waals surface area contributed by atoms with Gasteiger partial charge < -0.3 is 89.1 Å². The molecule has 0 aromatic carbocycles. The highest BCUT2D eigenvalue weighted by Crippen LogP contribution is 2.49. The fraction of sp³-hybridized carbons (Fsp3) is 0.904. The fourth-order valence-corrected chi connectivity index (χ4v) is 13.4. The van der Waals surface area contributed by atoms with E-state index < -0.39 is 156 Å². The van der Waals surface area contributed by atoms with E-state index in [2.05, 4.69) is 45.1 Å². The van der Waals surface area contributed by atoms with Crippen molar-refractivity contribution >= 4 is 25.7 Å². The van der Waals surface area contributed by atoms with Crippen LogP contribution >= 0.6 is 7.82 Å². The quantitative estimate of drug-likeness (QED) is 0.00886. The number of ether oxygens (including phenoxy) is 7. The minimum atomic E-state index is -5.70. The molecule has 574 valence electrons. The maximum Gasteiger partial charge on any atom is 0.472 e. The Labute approximate surface area is 585 Å². The number of phosphoric acid groups is 1. The molecule has 0 radical (unpaired) electrons. The number of carbonyl (C=O) groups excluding carboxylic acids is 3. The van der Waals surface area contributed by atoms with Gasteiger partial charge in [-0.3, -0.25) is 23.4 Å². The van der Waals surface area contributed by atoms with Crippen molar-refractivity contribution in [3.63, 3.8) is 0 Å². The van der Waals surface area contributed by atoms with E-state index in [0.717, 1.165) is 89.9 Å². The Morgan fingerprint density at radius 3 is 1.11 bits per heavy atom. The monoisotopic (exact) mass is 1420 g/mol. The third-order valence-corrected chi connectivity index (χ3v) is 19.7. The van der Waals surface area contributed by atoms with Crippen molar-refractivity contribution in [2.24, 2.45) is 0 Å². The molecular formula is C73H133O24P. The molecule has 24 nitrogen and oxygen atoms in total. The van der Waals surface area contributed by atoms with Gasteiger partial charge in [0.2, 0.25) is 0 Å². The van der Waals surface area contributed by atoms with Gasteiger partial charge in [0.15, 0.2) is 18.7 Å². The average Bonchev–Trinajstić information content (AvgIpc) is 0.762. The molecule has 0 bridgehead atoms. The number of hydrogen-bond acceptors (Lipinski definition) is 23. The first-order valence-corrected chi connectivity index (χ1v) is 39.6.